The molecule has 0 fully saturated rings. The van der Waals surface area contributed by atoms with E-state index in [0.717, 1.165) is 18.0 Å². The van der Waals surface area contributed by atoms with Crippen molar-refractivity contribution in [3.05, 3.63) is 71.7 Å². The summed E-state index contributed by atoms with van der Waals surface area (Å²) in [5.74, 6) is -2.00. The number of hydrogen-bond acceptors (Lipinski definition) is 8. The molecule has 0 radical (unpaired) electrons. The van der Waals surface area contributed by atoms with E-state index in [2.05, 4.69) is 20.0 Å². The van der Waals surface area contributed by atoms with Crippen LogP contribution in [0, 0.1) is 5.82 Å². The number of benzene rings is 2. The minimum absolute atomic E-state index is 0.000301. The number of aromatic nitrogens is 2. The van der Waals surface area contributed by atoms with Crippen LogP contribution in [0.1, 0.15) is 17.5 Å². The standard InChI is InChI=1S/C23H23F3N4O4S/c1-34-20(31)11-8-15-6-9-17(10-7-15)30(22(25)26)23-28-14-19(24)21(29-23)27-13-16-4-3-5-18(12-16)35(2,32)33/h3-7,9-10,12,14,22H,8,11,13H2,1-2H3,(H,27,28,29). The third-order valence-electron chi connectivity index (χ3n) is 4.99. The molecule has 3 rings (SSSR count). The van der Waals surface area contributed by atoms with E-state index in [4.69, 9.17) is 0 Å². The normalized spacial score (nSPS) is 11.4. The lowest BCUT2D eigenvalue weighted by atomic mass is 10.1. The number of methoxy groups -OCH3 is 1. The summed E-state index contributed by atoms with van der Waals surface area (Å²) in [4.78, 5) is 19.6. The molecule has 0 atom stereocenters. The Morgan fingerprint density at radius 2 is 1.86 bits per heavy atom. The van der Waals surface area contributed by atoms with Crippen LogP contribution in [0.15, 0.2) is 59.6 Å². The zero-order chi connectivity index (χ0) is 25.6. The van der Waals surface area contributed by atoms with E-state index in [1.165, 1.54) is 31.4 Å². The zero-order valence-corrected chi connectivity index (χ0v) is 19.7. The fourth-order valence-corrected chi connectivity index (χ4v) is 3.85. The molecule has 0 saturated heterocycles. The molecule has 0 aliphatic heterocycles. The molecule has 3 aromatic rings. The van der Waals surface area contributed by atoms with Gasteiger partial charge in [0.25, 0.3) is 0 Å². The Kier molecular flexibility index (Phi) is 8.28. The number of anilines is 3. The molecule has 0 bridgehead atoms. The number of esters is 1. The Morgan fingerprint density at radius 3 is 2.49 bits per heavy atom. The molecular weight excluding hydrogens is 485 g/mol. The van der Waals surface area contributed by atoms with Gasteiger partial charge in [0.15, 0.2) is 21.5 Å². The quantitative estimate of drug-likeness (QED) is 0.323. The van der Waals surface area contributed by atoms with Crippen molar-refractivity contribution in [3.8, 4) is 0 Å². The summed E-state index contributed by atoms with van der Waals surface area (Å²) < 4.78 is 70.2. The van der Waals surface area contributed by atoms with Gasteiger partial charge in [-0.05, 0) is 41.8 Å². The molecule has 0 spiro atoms. The maximum atomic E-state index is 14.3. The Labute approximate surface area is 200 Å². The molecule has 12 heteroatoms. The van der Waals surface area contributed by atoms with Gasteiger partial charge in [-0.15, -0.1) is 0 Å². The third-order valence-corrected chi connectivity index (χ3v) is 6.10. The number of alkyl halides is 2. The summed E-state index contributed by atoms with van der Waals surface area (Å²) in [5.41, 5.74) is 1.34. The van der Waals surface area contributed by atoms with Gasteiger partial charge in [-0.25, -0.2) is 17.8 Å². The van der Waals surface area contributed by atoms with E-state index in [0.29, 0.717) is 16.9 Å². The Hall–Kier alpha value is -3.67. The van der Waals surface area contributed by atoms with Crippen molar-refractivity contribution in [2.75, 3.05) is 23.6 Å². The second kappa shape index (κ2) is 11.2. The first-order valence-corrected chi connectivity index (χ1v) is 12.3. The summed E-state index contributed by atoms with van der Waals surface area (Å²) in [5, 5.41) is 2.70. The van der Waals surface area contributed by atoms with E-state index >= 15 is 0 Å². The molecule has 1 heterocycles. The number of hydrogen-bond donors (Lipinski definition) is 1. The number of nitrogens with one attached hydrogen (secondary N) is 1. The van der Waals surface area contributed by atoms with Crippen LogP contribution in [0.2, 0.25) is 0 Å². The first-order valence-electron chi connectivity index (χ1n) is 10.4. The Morgan fingerprint density at radius 1 is 1.14 bits per heavy atom. The average molecular weight is 509 g/mol. The monoisotopic (exact) mass is 508 g/mol. The van der Waals surface area contributed by atoms with Gasteiger partial charge >= 0.3 is 12.5 Å². The Balaban J connectivity index is 1.80. The molecule has 2 aromatic carbocycles. The summed E-state index contributed by atoms with van der Waals surface area (Å²) in [7, 11) is -2.15. The molecule has 1 aromatic heterocycles. The molecule has 35 heavy (non-hydrogen) atoms. The maximum absolute atomic E-state index is 14.3. The summed E-state index contributed by atoms with van der Waals surface area (Å²) in [6, 6.07) is 12.1. The van der Waals surface area contributed by atoms with Crippen molar-refractivity contribution in [2.24, 2.45) is 0 Å². The van der Waals surface area contributed by atoms with E-state index in [1.54, 1.807) is 24.3 Å². The van der Waals surface area contributed by atoms with E-state index in [-0.39, 0.29) is 35.3 Å². The van der Waals surface area contributed by atoms with Gasteiger partial charge in [0.05, 0.1) is 18.2 Å². The topological polar surface area (TPSA) is 101 Å². The molecule has 186 valence electrons. The fourth-order valence-electron chi connectivity index (χ4n) is 3.16. The van der Waals surface area contributed by atoms with Crippen LogP contribution in [0.25, 0.3) is 0 Å². The van der Waals surface area contributed by atoms with Crippen molar-refractivity contribution in [1.82, 2.24) is 9.97 Å². The lowest BCUT2D eigenvalue weighted by Gasteiger charge is -2.22. The number of sulfone groups is 1. The predicted molar refractivity (Wildman–Crippen MR) is 124 cm³/mol. The number of carbonyl (C=O) groups excluding carboxylic acids is 1. The zero-order valence-electron chi connectivity index (χ0n) is 18.9. The second-order valence-electron chi connectivity index (χ2n) is 7.53. The van der Waals surface area contributed by atoms with Crippen LogP contribution < -0.4 is 10.2 Å². The number of ether oxygens (including phenoxy) is 1. The van der Waals surface area contributed by atoms with Crippen molar-refractivity contribution in [1.29, 1.82) is 0 Å². The molecule has 0 saturated carbocycles. The molecule has 0 amide bonds. The van der Waals surface area contributed by atoms with Crippen LogP contribution >= 0.6 is 0 Å². The van der Waals surface area contributed by atoms with Gasteiger partial charge in [0.2, 0.25) is 5.95 Å². The van der Waals surface area contributed by atoms with Gasteiger partial charge in [0, 0.05) is 24.9 Å². The number of rotatable bonds is 10. The highest BCUT2D eigenvalue weighted by molar-refractivity contribution is 7.90. The smallest absolute Gasteiger partial charge is 0.321 e. The molecule has 0 aliphatic rings. The predicted octanol–water partition coefficient (Wildman–Crippen LogP) is 4.10. The summed E-state index contributed by atoms with van der Waals surface area (Å²) in [6.07, 6.45) is 2.37. The van der Waals surface area contributed by atoms with E-state index < -0.39 is 28.2 Å². The molecule has 8 nitrogen and oxygen atoms in total. The first kappa shape index (κ1) is 25.9. The van der Waals surface area contributed by atoms with Gasteiger partial charge in [0.1, 0.15) is 0 Å². The minimum atomic E-state index is -3.43. The number of halogens is 3. The minimum Gasteiger partial charge on any atom is -0.469 e. The van der Waals surface area contributed by atoms with Gasteiger partial charge in [-0.1, -0.05) is 24.3 Å². The van der Waals surface area contributed by atoms with Gasteiger partial charge in [-0.2, -0.15) is 13.8 Å². The van der Waals surface area contributed by atoms with Gasteiger partial charge in [-0.3, -0.25) is 9.69 Å². The largest absolute Gasteiger partial charge is 0.469 e. The van der Waals surface area contributed by atoms with E-state index in [9.17, 15) is 26.4 Å². The average Bonchev–Trinajstić information content (AvgIpc) is 2.83. The highest BCUT2D eigenvalue weighted by atomic mass is 32.2. The summed E-state index contributed by atoms with van der Waals surface area (Å²) in [6.45, 7) is -3.03. The fraction of sp³-hybridized carbons (Fsp3) is 0.261. The lowest BCUT2D eigenvalue weighted by Crippen LogP contribution is -2.26. The number of nitrogens with zero attached hydrogens (tertiary/aromatic N) is 3. The first-order chi connectivity index (χ1) is 16.6. The Bertz CT molecular complexity index is 1290. The van der Waals surface area contributed by atoms with Crippen LogP contribution in [0.5, 0.6) is 0 Å². The maximum Gasteiger partial charge on any atom is 0.321 e. The number of aryl methyl sites for hydroxylation is 1. The highest BCUT2D eigenvalue weighted by Crippen LogP contribution is 2.28. The lowest BCUT2D eigenvalue weighted by molar-refractivity contribution is -0.140. The van der Waals surface area contributed by atoms with Crippen LogP contribution in [-0.2, 0) is 32.3 Å². The third kappa shape index (κ3) is 6.92. The second-order valence-corrected chi connectivity index (χ2v) is 9.55. The van der Waals surface area contributed by atoms with Crippen molar-refractivity contribution in [3.63, 3.8) is 0 Å². The van der Waals surface area contributed by atoms with Crippen molar-refractivity contribution in [2.45, 2.75) is 30.8 Å². The SMILES string of the molecule is COC(=O)CCc1ccc(N(c2ncc(F)c(NCc3cccc(S(C)(=O)=O)c3)n2)C(F)F)cc1. The van der Waals surface area contributed by atoms with Crippen LogP contribution in [0.4, 0.5) is 30.6 Å². The number of carbonyl (C=O) groups is 1. The molecular formula is C23H23F3N4O4S. The van der Waals surface area contributed by atoms with E-state index in [1.807, 2.05) is 0 Å². The molecule has 1 N–H and O–H groups in total. The van der Waals surface area contributed by atoms with Crippen LogP contribution in [-0.4, -0.2) is 44.3 Å². The molecule has 0 aliphatic carbocycles. The highest BCUT2D eigenvalue weighted by Gasteiger charge is 2.23. The van der Waals surface area contributed by atoms with Crippen molar-refractivity contribution >= 4 is 33.3 Å². The summed E-state index contributed by atoms with van der Waals surface area (Å²) >= 11 is 0. The van der Waals surface area contributed by atoms with Crippen molar-refractivity contribution < 1.29 is 31.1 Å². The van der Waals surface area contributed by atoms with Crippen LogP contribution in [0.3, 0.4) is 0 Å². The van der Waals surface area contributed by atoms with Gasteiger partial charge < -0.3 is 10.1 Å². The molecule has 0 unspecified atom stereocenters.